The standard InChI is InChI=1S/C14H17N3O/c15-10-13-4-7-17(16-13)6-3-11-1-2-14-12(9-11)5-8-18-14/h1-2,4,7,9H,3,5-6,8,10,15H2. The second-order valence-electron chi connectivity index (χ2n) is 4.56. The van der Waals surface area contributed by atoms with E-state index in [0.717, 1.165) is 37.4 Å². The van der Waals surface area contributed by atoms with Crippen molar-refractivity contribution in [2.24, 2.45) is 5.73 Å². The molecule has 0 saturated heterocycles. The molecule has 0 radical (unpaired) electrons. The van der Waals surface area contributed by atoms with Crippen LogP contribution in [0.25, 0.3) is 0 Å². The maximum atomic E-state index is 5.54. The van der Waals surface area contributed by atoms with Crippen LogP contribution in [0.3, 0.4) is 0 Å². The minimum Gasteiger partial charge on any atom is -0.493 e. The van der Waals surface area contributed by atoms with Crippen molar-refractivity contribution in [1.82, 2.24) is 9.78 Å². The number of fused-ring (bicyclic) bond motifs is 1. The molecule has 0 bridgehead atoms. The molecule has 1 aromatic carbocycles. The zero-order valence-corrected chi connectivity index (χ0v) is 10.3. The van der Waals surface area contributed by atoms with Crippen molar-refractivity contribution in [3.05, 3.63) is 47.3 Å². The SMILES string of the molecule is NCc1ccn(CCc2ccc3c(c2)CCO3)n1. The Morgan fingerprint density at radius 2 is 2.28 bits per heavy atom. The van der Waals surface area contributed by atoms with Gasteiger partial charge in [0.1, 0.15) is 5.75 Å². The fraction of sp³-hybridized carbons (Fsp3) is 0.357. The molecule has 0 saturated carbocycles. The van der Waals surface area contributed by atoms with Gasteiger partial charge in [0.15, 0.2) is 0 Å². The zero-order chi connectivity index (χ0) is 12.4. The van der Waals surface area contributed by atoms with Gasteiger partial charge in [-0.3, -0.25) is 4.68 Å². The highest BCUT2D eigenvalue weighted by molar-refractivity contribution is 5.39. The van der Waals surface area contributed by atoms with Crippen LogP contribution in [0.2, 0.25) is 0 Å². The van der Waals surface area contributed by atoms with Gasteiger partial charge in [-0.1, -0.05) is 12.1 Å². The third-order valence-corrected chi connectivity index (χ3v) is 3.29. The van der Waals surface area contributed by atoms with Gasteiger partial charge in [0.25, 0.3) is 0 Å². The first kappa shape index (κ1) is 11.3. The molecule has 0 spiro atoms. The van der Waals surface area contributed by atoms with Gasteiger partial charge in [0.2, 0.25) is 0 Å². The molecule has 3 rings (SSSR count). The third kappa shape index (κ3) is 2.24. The molecule has 18 heavy (non-hydrogen) atoms. The van der Waals surface area contributed by atoms with Crippen molar-refractivity contribution in [3.63, 3.8) is 0 Å². The van der Waals surface area contributed by atoms with Gasteiger partial charge in [0.05, 0.1) is 12.3 Å². The van der Waals surface area contributed by atoms with E-state index in [1.165, 1.54) is 11.1 Å². The van der Waals surface area contributed by atoms with Gasteiger partial charge in [-0.05, 0) is 29.7 Å². The number of hydrogen-bond donors (Lipinski definition) is 1. The molecule has 1 aliphatic rings. The van der Waals surface area contributed by atoms with E-state index in [0.29, 0.717) is 6.54 Å². The fourth-order valence-corrected chi connectivity index (χ4v) is 2.28. The number of ether oxygens (including phenoxy) is 1. The highest BCUT2D eigenvalue weighted by Crippen LogP contribution is 2.26. The Kier molecular flexibility index (Phi) is 3.02. The smallest absolute Gasteiger partial charge is 0.122 e. The van der Waals surface area contributed by atoms with E-state index >= 15 is 0 Å². The number of rotatable bonds is 4. The largest absolute Gasteiger partial charge is 0.493 e. The summed E-state index contributed by atoms with van der Waals surface area (Å²) in [6.45, 7) is 2.21. The fourth-order valence-electron chi connectivity index (χ4n) is 2.28. The van der Waals surface area contributed by atoms with Gasteiger partial charge < -0.3 is 10.5 Å². The van der Waals surface area contributed by atoms with Gasteiger partial charge in [-0.2, -0.15) is 5.10 Å². The Morgan fingerprint density at radius 3 is 3.11 bits per heavy atom. The van der Waals surface area contributed by atoms with Crippen molar-refractivity contribution < 1.29 is 4.74 Å². The minimum absolute atomic E-state index is 0.503. The molecule has 0 amide bonds. The van der Waals surface area contributed by atoms with Gasteiger partial charge in [0, 0.05) is 25.7 Å². The second-order valence-corrected chi connectivity index (χ2v) is 4.56. The average Bonchev–Trinajstić information content (AvgIpc) is 3.04. The molecule has 0 unspecified atom stereocenters. The van der Waals surface area contributed by atoms with Crippen LogP contribution in [0.5, 0.6) is 5.75 Å². The summed E-state index contributed by atoms with van der Waals surface area (Å²) in [5.41, 5.74) is 9.15. The van der Waals surface area contributed by atoms with Crippen LogP contribution in [0, 0.1) is 0 Å². The lowest BCUT2D eigenvalue weighted by Gasteiger charge is -2.04. The number of hydrogen-bond acceptors (Lipinski definition) is 3. The van der Waals surface area contributed by atoms with Crippen molar-refractivity contribution in [2.45, 2.75) is 25.9 Å². The Morgan fingerprint density at radius 1 is 1.33 bits per heavy atom. The summed E-state index contributed by atoms with van der Waals surface area (Å²) in [6.07, 6.45) is 4.00. The predicted octanol–water partition coefficient (Wildman–Crippen LogP) is 1.52. The number of benzene rings is 1. The van der Waals surface area contributed by atoms with Crippen molar-refractivity contribution in [1.29, 1.82) is 0 Å². The Hall–Kier alpha value is -1.81. The topological polar surface area (TPSA) is 53.1 Å². The molecule has 4 nitrogen and oxygen atoms in total. The van der Waals surface area contributed by atoms with E-state index in [1.54, 1.807) is 0 Å². The maximum Gasteiger partial charge on any atom is 0.122 e. The summed E-state index contributed by atoms with van der Waals surface area (Å²) in [5.74, 6) is 1.04. The average molecular weight is 243 g/mol. The lowest BCUT2D eigenvalue weighted by Crippen LogP contribution is -2.04. The molecule has 2 aromatic rings. The van der Waals surface area contributed by atoms with E-state index in [4.69, 9.17) is 10.5 Å². The molecule has 0 fully saturated rings. The minimum atomic E-state index is 0.503. The highest BCUT2D eigenvalue weighted by Gasteiger charge is 2.11. The molecule has 94 valence electrons. The van der Waals surface area contributed by atoms with Crippen LogP contribution in [0.1, 0.15) is 16.8 Å². The molecule has 2 N–H and O–H groups in total. The van der Waals surface area contributed by atoms with Crippen LogP contribution in [0.15, 0.2) is 30.5 Å². The number of nitrogens with zero attached hydrogens (tertiary/aromatic N) is 2. The number of nitrogens with two attached hydrogens (primary N) is 1. The second kappa shape index (κ2) is 4.82. The van der Waals surface area contributed by atoms with Crippen LogP contribution in [0.4, 0.5) is 0 Å². The zero-order valence-electron chi connectivity index (χ0n) is 10.3. The molecular formula is C14H17N3O. The van der Waals surface area contributed by atoms with Crippen LogP contribution in [-0.4, -0.2) is 16.4 Å². The molecular weight excluding hydrogens is 226 g/mol. The van der Waals surface area contributed by atoms with Gasteiger partial charge in [-0.15, -0.1) is 0 Å². The number of aryl methyl sites for hydroxylation is 2. The lowest BCUT2D eigenvalue weighted by atomic mass is 10.1. The highest BCUT2D eigenvalue weighted by atomic mass is 16.5. The quantitative estimate of drug-likeness (QED) is 0.885. The summed E-state index contributed by atoms with van der Waals surface area (Å²) in [7, 11) is 0. The summed E-state index contributed by atoms with van der Waals surface area (Å²) >= 11 is 0. The van der Waals surface area contributed by atoms with Crippen molar-refractivity contribution >= 4 is 0 Å². The first-order valence-corrected chi connectivity index (χ1v) is 6.32. The summed E-state index contributed by atoms with van der Waals surface area (Å²) < 4.78 is 7.45. The predicted molar refractivity (Wildman–Crippen MR) is 69.5 cm³/mol. The van der Waals surface area contributed by atoms with E-state index < -0.39 is 0 Å². The van der Waals surface area contributed by atoms with E-state index in [1.807, 2.05) is 16.9 Å². The lowest BCUT2D eigenvalue weighted by molar-refractivity contribution is 0.357. The molecule has 4 heteroatoms. The Balaban J connectivity index is 1.66. The Labute approximate surface area is 106 Å². The van der Waals surface area contributed by atoms with E-state index in [9.17, 15) is 0 Å². The van der Waals surface area contributed by atoms with Gasteiger partial charge in [-0.25, -0.2) is 0 Å². The van der Waals surface area contributed by atoms with Crippen molar-refractivity contribution in [3.8, 4) is 5.75 Å². The van der Waals surface area contributed by atoms with E-state index in [-0.39, 0.29) is 0 Å². The monoisotopic (exact) mass is 243 g/mol. The first-order valence-electron chi connectivity index (χ1n) is 6.32. The normalized spacial score (nSPS) is 13.4. The third-order valence-electron chi connectivity index (χ3n) is 3.29. The molecule has 0 atom stereocenters. The summed E-state index contributed by atoms with van der Waals surface area (Å²) in [4.78, 5) is 0. The first-order chi connectivity index (χ1) is 8.85. The van der Waals surface area contributed by atoms with E-state index in [2.05, 4.69) is 23.3 Å². The van der Waals surface area contributed by atoms with Gasteiger partial charge >= 0.3 is 0 Å². The van der Waals surface area contributed by atoms with Crippen LogP contribution >= 0.6 is 0 Å². The Bertz CT molecular complexity index is 548. The van der Waals surface area contributed by atoms with Crippen molar-refractivity contribution in [2.75, 3.05) is 6.61 Å². The maximum absolute atomic E-state index is 5.54. The molecule has 1 aromatic heterocycles. The summed E-state index contributed by atoms with van der Waals surface area (Å²) in [6, 6.07) is 8.43. The van der Waals surface area contributed by atoms with Crippen LogP contribution in [-0.2, 0) is 25.9 Å². The van der Waals surface area contributed by atoms with Crippen LogP contribution < -0.4 is 10.5 Å². The molecule has 1 aliphatic heterocycles. The molecule has 0 aliphatic carbocycles. The summed E-state index contributed by atoms with van der Waals surface area (Å²) in [5, 5.41) is 4.38. The molecule has 2 heterocycles. The number of aromatic nitrogens is 2.